The Balaban J connectivity index is 2.53. The minimum Gasteiger partial charge on any atom is -0.357 e. The largest absolute Gasteiger partial charge is 0.357 e. The lowest BCUT2D eigenvalue weighted by Gasteiger charge is -2.33. The summed E-state index contributed by atoms with van der Waals surface area (Å²) in [6, 6.07) is 0.374. The van der Waals surface area contributed by atoms with Crippen LogP contribution in [0, 0.1) is 0 Å². The lowest BCUT2D eigenvalue weighted by Crippen LogP contribution is -2.49. The molecule has 1 fully saturated rings. The second kappa shape index (κ2) is 9.57. The van der Waals surface area contributed by atoms with Crippen LogP contribution in [0.5, 0.6) is 0 Å². The summed E-state index contributed by atoms with van der Waals surface area (Å²) in [5.41, 5.74) is 1.20. The highest BCUT2D eigenvalue weighted by molar-refractivity contribution is 7.92. The van der Waals surface area contributed by atoms with Crippen molar-refractivity contribution < 1.29 is 8.42 Å². The molecule has 0 aromatic heterocycles. The van der Waals surface area contributed by atoms with Crippen molar-refractivity contribution in [3.8, 4) is 0 Å². The van der Waals surface area contributed by atoms with E-state index >= 15 is 0 Å². The Labute approximate surface area is 154 Å². The summed E-state index contributed by atoms with van der Waals surface area (Å²) in [5, 5.41) is 6.67. The van der Waals surface area contributed by atoms with E-state index in [0.717, 1.165) is 39.0 Å². The average Bonchev–Trinajstić information content (AvgIpc) is 2.47. The summed E-state index contributed by atoms with van der Waals surface area (Å²) in [5.74, 6) is 0.786. The van der Waals surface area contributed by atoms with Gasteiger partial charge in [-0.2, -0.15) is 0 Å². The van der Waals surface area contributed by atoms with Crippen LogP contribution < -0.4 is 10.6 Å². The SMILES string of the molecule is C=C(C)CN1CCC(NC(=NCCS(=O)(=O)C(C)(C)C)NCC)CC1. The van der Waals surface area contributed by atoms with Gasteiger partial charge in [0.2, 0.25) is 0 Å². The lowest BCUT2D eigenvalue weighted by atomic mass is 10.0. The molecule has 0 aromatic rings. The quantitative estimate of drug-likeness (QED) is 0.405. The first-order chi connectivity index (χ1) is 11.5. The maximum Gasteiger partial charge on any atom is 0.191 e. The van der Waals surface area contributed by atoms with Crippen molar-refractivity contribution in [3.05, 3.63) is 12.2 Å². The predicted molar refractivity (Wildman–Crippen MR) is 107 cm³/mol. The molecule has 1 saturated heterocycles. The summed E-state index contributed by atoms with van der Waals surface area (Å²) in [4.78, 5) is 6.88. The zero-order valence-electron chi connectivity index (χ0n) is 16.6. The number of sulfone groups is 1. The normalized spacial score (nSPS) is 18.2. The van der Waals surface area contributed by atoms with Gasteiger partial charge in [-0.25, -0.2) is 8.42 Å². The van der Waals surface area contributed by atoms with Gasteiger partial charge < -0.3 is 10.6 Å². The van der Waals surface area contributed by atoms with E-state index in [0.29, 0.717) is 12.0 Å². The molecular weight excluding hydrogens is 336 g/mol. The number of likely N-dealkylation sites (tertiary alicyclic amines) is 1. The molecule has 0 atom stereocenters. The van der Waals surface area contributed by atoms with Crippen LogP contribution in [-0.4, -0.2) is 68.5 Å². The van der Waals surface area contributed by atoms with Crippen LogP contribution in [0.4, 0.5) is 0 Å². The Morgan fingerprint density at radius 2 is 1.88 bits per heavy atom. The van der Waals surface area contributed by atoms with Crippen LogP contribution in [0.15, 0.2) is 17.1 Å². The van der Waals surface area contributed by atoms with Gasteiger partial charge in [-0.05, 0) is 47.5 Å². The molecule has 0 saturated carbocycles. The number of nitrogens with zero attached hydrogens (tertiary/aromatic N) is 2. The molecule has 2 N–H and O–H groups in total. The van der Waals surface area contributed by atoms with Crippen molar-refractivity contribution in [2.45, 2.75) is 58.2 Å². The van der Waals surface area contributed by atoms with Gasteiger partial charge in [0, 0.05) is 32.2 Å². The van der Waals surface area contributed by atoms with Crippen LogP contribution in [0.2, 0.25) is 0 Å². The molecule has 1 aliphatic rings. The van der Waals surface area contributed by atoms with Crippen molar-refractivity contribution in [3.63, 3.8) is 0 Å². The van der Waals surface area contributed by atoms with E-state index in [1.807, 2.05) is 6.92 Å². The minimum atomic E-state index is -3.14. The molecule has 146 valence electrons. The number of nitrogens with one attached hydrogen (secondary N) is 2. The minimum absolute atomic E-state index is 0.0735. The Morgan fingerprint density at radius 3 is 2.36 bits per heavy atom. The fourth-order valence-corrected chi connectivity index (χ4v) is 3.66. The standard InChI is InChI=1S/C18H36N4O2S/c1-7-19-17(20-10-13-25(23,24)18(4,5)6)21-16-8-11-22(12-9-16)14-15(2)3/h16H,2,7-14H2,1,3-6H3,(H2,19,20,21). The van der Waals surface area contributed by atoms with Crippen LogP contribution >= 0.6 is 0 Å². The molecule has 0 amide bonds. The average molecular weight is 373 g/mol. The lowest BCUT2D eigenvalue weighted by molar-refractivity contribution is 0.221. The Hall–Kier alpha value is -1.08. The van der Waals surface area contributed by atoms with Crippen LogP contribution in [0.3, 0.4) is 0 Å². The van der Waals surface area contributed by atoms with Crippen LogP contribution in [-0.2, 0) is 9.84 Å². The van der Waals surface area contributed by atoms with E-state index in [1.165, 1.54) is 5.57 Å². The van der Waals surface area contributed by atoms with E-state index < -0.39 is 14.6 Å². The zero-order chi connectivity index (χ0) is 19.1. The summed E-state index contributed by atoms with van der Waals surface area (Å²) in [6.45, 7) is 17.3. The van der Waals surface area contributed by atoms with Crippen molar-refractivity contribution in [2.75, 3.05) is 38.5 Å². The molecule has 1 heterocycles. The highest BCUT2D eigenvalue weighted by atomic mass is 32.2. The molecule has 0 aliphatic carbocycles. The van der Waals surface area contributed by atoms with E-state index in [2.05, 4.69) is 34.0 Å². The first-order valence-corrected chi connectivity index (χ1v) is 10.8. The summed E-state index contributed by atoms with van der Waals surface area (Å²) in [6.07, 6.45) is 2.11. The molecule has 0 radical (unpaired) electrons. The number of guanidine groups is 1. The molecule has 1 rings (SSSR count). The zero-order valence-corrected chi connectivity index (χ0v) is 17.4. The number of aliphatic imine (C=N–C) groups is 1. The van der Waals surface area contributed by atoms with Crippen LogP contribution in [0.1, 0.15) is 47.5 Å². The molecule has 1 aliphatic heterocycles. The fourth-order valence-electron chi connectivity index (χ4n) is 2.71. The van der Waals surface area contributed by atoms with Gasteiger partial charge in [0.05, 0.1) is 17.0 Å². The van der Waals surface area contributed by atoms with Gasteiger partial charge in [-0.3, -0.25) is 9.89 Å². The fraction of sp³-hybridized carbons (Fsp3) is 0.833. The number of hydrogen-bond acceptors (Lipinski definition) is 4. The van der Waals surface area contributed by atoms with Crippen LogP contribution in [0.25, 0.3) is 0 Å². The van der Waals surface area contributed by atoms with Crippen molar-refractivity contribution in [1.29, 1.82) is 0 Å². The van der Waals surface area contributed by atoms with Crippen molar-refractivity contribution in [1.82, 2.24) is 15.5 Å². The molecular formula is C18H36N4O2S. The third-order valence-electron chi connectivity index (χ3n) is 4.33. The van der Waals surface area contributed by atoms with Crippen molar-refractivity contribution in [2.24, 2.45) is 4.99 Å². The third kappa shape index (κ3) is 7.77. The van der Waals surface area contributed by atoms with Gasteiger partial charge in [0.25, 0.3) is 0 Å². The second-order valence-electron chi connectivity index (χ2n) is 7.84. The molecule has 0 unspecified atom stereocenters. The van der Waals surface area contributed by atoms with Crippen molar-refractivity contribution >= 4 is 15.8 Å². The Morgan fingerprint density at radius 1 is 1.28 bits per heavy atom. The smallest absolute Gasteiger partial charge is 0.191 e. The Kier molecular flexibility index (Phi) is 8.41. The molecule has 25 heavy (non-hydrogen) atoms. The molecule has 0 bridgehead atoms. The third-order valence-corrected chi connectivity index (χ3v) is 6.92. The molecule has 7 heteroatoms. The Bertz CT molecular complexity index is 556. The summed E-state index contributed by atoms with van der Waals surface area (Å²) in [7, 11) is -3.14. The highest BCUT2D eigenvalue weighted by Crippen LogP contribution is 2.15. The number of hydrogen-bond donors (Lipinski definition) is 2. The van der Waals surface area contributed by atoms with E-state index in [9.17, 15) is 8.42 Å². The van der Waals surface area contributed by atoms with Gasteiger partial charge in [0.1, 0.15) is 0 Å². The first kappa shape index (κ1) is 22.0. The second-order valence-corrected chi connectivity index (χ2v) is 10.7. The highest BCUT2D eigenvalue weighted by Gasteiger charge is 2.28. The number of piperidine rings is 1. The first-order valence-electron chi connectivity index (χ1n) is 9.19. The molecule has 0 spiro atoms. The summed E-state index contributed by atoms with van der Waals surface area (Å²) < 4.78 is 23.6. The number of rotatable bonds is 7. The maximum atomic E-state index is 12.2. The molecule has 6 nitrogen and oxygen atoms in total. The van der Waals surface area contributed by atoms with E-state index in [1.54, 1.807) is 20.8 Å². The van der Waals surface area contributed by atoms with Gasteiger partial charge >= 0.3 is 0 Å². The van der Waals surface area contributed by atoms with Gasteiger partial charge in [0.15, 0.2) is 15.8 Å². The van der Waals surface area contributed by atoms with Gasteiger partial charge in [-0.15, -0.1) is 0 Å². The topological polar surface area (TPSA) is 73.8 Å². The van der Waals surface area contributed by atoms with Gasteiger partial charge in [-0.1, -0.05) is 12.2 Å². The summed E-state index contributed by atoms with van der Waals surface area (Å²) >= 11 is 0. The van der Waals surface area contributed by atoms with E-state index in [4.69, 9.17) is 0 Å². The maximum absolute atomic E-state index is 12.2. The van der Waals surface area contributed by atoms with E-state index in [-0.39, 0.29) is 12.3 Å². The predicted octanol–water partition coefficient (Wildman–Crippen LogP) is 1.80. The monoisotopic (exact) mass is 372 g/mol. The molecule has 0 aromatic carbocycles.